The van der Waals surface area contributed by atoms with E-state index >= 15 is 0 Å². The van der Waals surface area contributed by atoms with E-state index in [1.807, 2.05) is 0 Å². The standard InChI is InChI=1S/C16H24N2O/c1-13-5-4-6-14(11-13)7-10-18-15(19)12-16(17)8-2-3-9-16/h4-6,11H,2-3,7-10,12,17H2,1H3,(H,18,19). The molecule has 0 aliphatic heterocycles. The topological polar surface area (TPSA) is 55.1 Å². The highest BCUT2D eigenvalue weighted by Gasteiger charge is 2.31. The molecule has 0 atom stereocenters. The van der Waals surface area contributed by atoms with Crippen molar-refractivity contribution in [2.45, 2.75) is 51.0 Å². The minimum atomic E-state index is -0.243. The molecule has 1 fully saturated rings. The van der Waals surface area contributed by atoms with Crippen molar-refractivity contribution in [3.63, 3.8) is 0 Å². The third kappa shape index (κ3) is 4.35. The van der Waals surface area contributed by atoms with Crippen molar-refractivity contribution in [3.8, 4) is 0 Å². The maximum absolute atomic E-state index is 11.9. The van der Waals surface area contributed by atoms with E-state index in [9.17, 15) is 4.79 Å². The van der Waals surface area contributed by atoms with Crippen LogP contribution in [0.4, 0.5) is 0 Å². The van der Waals surface area contributed by atoms with Gasteiger partial charge in [0, 0.05) is 18.5 Å². The molecule has 3 nitrogen and oxygen atoms in total. The Kier molecular flexibility index (Phi) is 4.59. The molecule has 3 N–H and O–H groups in total. The van der Waals surface area contributed by atoms with Crippen LogP contribution in [0, 0.1) is 6.92 Å². The fraction of sp³-hybridized carbons (Fsp3) is 0.562. The van der Waals surface area contributed by atoms with Gasteiger partial charge in [-0.05, 0) is 31.7 Å². The molecule has 2 rings (SSSR count). The summed E-state index contributed by atoms with van der Waals surface area (Å²) in [4.78, 5) is 11.9. The largest absolute Gasteiger partial charge is 0.356 e. The molecular weight excluding hydrogens is 236 g/mol. The highest BCUT2D eigenvalue weighted by Crippen LogP contribution is 2.29. The number of aryl methyl sites for hydroxylation is 1. The van der Waals surface area contributed by atoms with Crippen molar-refractivity contribution in [1.29, 1.82) is 0 Å². The van der Waals surface area contributed by atoms with E-state index in [0.29, 0.717) is 13.0 Å². The van der Waals surface area contributed by atoms with Gasteiger partial charge in [-0.25, -0.2) is 0 Å². The highest BCUT2D eigenvalue weighted by molar-refractivity contribution is 5.77. The molecule has 1 aliphatic rings. The molecule has 1 saturated carbocycles. The predicted octanol–water partition coefficient (Wildman–Crippen LogP) is 2.32. The molecule has 1 aromatic rings. The summed E-state index contributed by atoms with van der Waals surface area (Å²) in [6.07, 6.45) is 5.64. The van der Waals surface area contributed by atoms with Gasteiger partial charge in [0.05, 0.1) is 0 Å². The van der Waals surface area contributed by atoms with Gasteiger partial charge < -0.3 is 11.1 Å². The monoisotopic (exact) mass is 260 g/mol. The van der Waals surface area contributed by atoms with Crippen molar-refractivity contribution in [2.24, 2.45) is 5.73 Å². The molecule has 0 aromatic heterocycles. The molecule has 0 radical (unpaired) electrons. The van der Waals surface area contributed by atoms with Crippen LogP contribution in [0.1, 0.15) is 43.2 Å². The summed E-state index contributed by atoms with van der Waals surface area (Å²) in [6, 6.07) is 8.40. The van der Waals surface area contributed by atoms with E-state index in [2.05, 4.69) is 36.5 Å². The fourth-order valence-corrected chi connectivity index (χ4v) is 2.85. The van der Waals surface area contributed by atoms with Crippen LogP contribution >= 0.6 is 0 Å². The van der Waals surface area contributed by atoms with E-state index in [1.165, 1.54) is 11.1 Å². The Labute approximate surface area is 115 Å². The second-order valence-electron chi connectivity index (χ2n) is 5.84. The molecule has 0 heterocycles. The number of hydrogen-bond donors (Lipinski definition) is 2. The molecule has 104 valence electrons. The summed E-state index contributed by atoms with van der Waals surface area (Å²) in [5.74, 6) is 0.0945. The molecule has 0 bridgehead atoms. The SMILES string of the molecule is Cc1cccc(CCNC(=O)CC2(N)CCCC2)c1. The van der Waals surface area contributed by atoms with Crippen LogP contribution in [-0.2, 0) is 11.2 Å². The Hall–Kier alpha value is -1.35. The molecule has 3 heteroatoms. The fourth-order valence-electron chi connectivity index (χ4n) is 2.85. The van der Waals surface area contributed by atoms with Crippen molar-refractivity contribution >= 4 is 5.91 Å². The molecule has 0 spiro atoms. The number of carbonyl (C=O) groups excluding carboxylic acids is 1. The number of hydrogen-bond acceptors (Lipinski definition) is 2. The number of amides is 1. The summed E-state index contributed by atoms with van der Waals surface area (Å²) in [7, 11) is 0. The number of nitrogens with one attached hydrogen (secondary N) is 1. The van der Waals surface area contributed by atoms with Crippen molar-refractivity contribution in [1.82, 2.24) is 5.32 Å². The molecule has 1 aliphatic carbocycles. The zero-order valence-corrected chi connectivity index (χ0v) is 11.7. The average Bonchev–Trinajstić information content (AvgIpc) is 2.75. The van der Waals surface area contributed by atoms with Gasteiger partial charge in [0.2, 0.25) is 5.91 Å². The molecular formula is C16H24N2O. The van der Waals surface area contributed by atoms with Crippen molar-refractivity contribution in [2.75, 3.05) is 6.54 Å². The minimum Gasteiger partial charge on any atom is -0.356 e. The van der Waals surface area contributed by atoms with Crippen LogP contribution < -0.4 is 11.1 Å². The first-order chi connectivity index (χ1) is 9.07. The lowest BCUT2D eigenvalue weighted by Gasteiger charge is -2.22. The first-order valence-electron chi connectivity index (χ1n) is 7.19. The van der Waals surface area contributed by atoms with Crippen LogP contribution in [0.5, 0.6) is 0 Å². The second-order valence-corrected chi connectivity index (χ2v) is 5.84. The molecule has 1 aromatic carbocycles. The van der Waals surface area contributed by atoms with Gasteiger partial charge in [-0.1, -0.05) is 42.7 Å². The van der Waals surface area contributed by atoms with Crippen LogP contribution in [0.3, 0.4) is 0 Å². The quantitative estimate of drug-likeness (QED) is 0.853. The number of carbonyl (C=O) groups is 1. The van der Waals surface area contributed by atoms with Gasteiger partial charge in [-0.3, -0.25) is 4.79 Å². The molecule has 0 saturated heterocycles. The first kappa shape index (κ1) is 14.1. The lowest BCUT2D eigenvalue weighted by Crippen LogP contribution is -2.42. The Morgan fingerprint density at radius 1 is 1.37 bits per heavy atom. The predicted molar refractivity (Wildman–Crippen MR) is 77.9 cm³/mol. The van der Waals surface area contributed by atoms with E-state index in [0.717, 1.165) is 32.1 Å². The normalized spacial score (nSPS) is 17.4. The van der Waals surface area contributed by atoms with Gasteiger partial charge in [0.1, 0.15) is 0 Å². The molecule has 19 heavy (non-hydrogen) atoms. The Bertz CT molecular complexity index is 436. The number of benzene rings is 1. The van der Waals surface area contributed by atoms with Gasteiger partial charge in [0.25, 0.3) is 0 Å². The lowest BCUT2D eigenvalue weighted by molar-refractivity contribution is -0.122. The smallest absolute Gasteiger partial charge is 0.221 e. The molecule has 0 unspecified atom stereocenters. The summed E-state index contributed by atoms with van der Waals surface area (Å²) in [5, 5.41) is 2.98. The van der Waals surface area contributed by atoms with Gasteiger partial charge in [0.15, 0.2) is 0 Å². The Morgan fingerprint density at radius 3 is 2.79 bits per heavy atom. The van der Waals surface area contributed by atoms with Gasteiger partial charge in [-0.15, -0.1) is 0 Å². The van der Waals surface area contributed by atoms with Crippen LogP contribution in [0.25, 0.3) is 0 Å². The van der Waals surface area contributed by atoms with E-state index in [1.54, 1.807) is 0 Å². The van der Waals surface area contributed by atoms with Crippen LogP contribution in [-0.4, -0.2) is 18.0 Å². The summed E-state index contributed by atoms with van der Waals surface area (Å²) < 4.78 is 0. The Morgan fingerprint density at radius 2 is 2.11 bits per heavy atom. The van der Waals surface area contributed by atoms with Crippen LogP contribution in [0.15, 0.2) is 24.3 Å². The first-order valence-corrected chi connectivity index (χ1v) is 7.19. The maximum atomic E-state index is 11.9. The average molecular weight is 260 g/mol. The summed E-state index contributed by atoms with van der Waals surface area (Å²) in [6.45, 7) is 2.78. The number of rotatable bonds is 5. The number of nitrogens with two attached hydrogens (primary N) is 1. The maximum Gasteiger partial charge on any atom is 0.221 e. The summed E-state index contributed by atoms with van der Waals surface area (Å²) in [5.41, 5.74) is 8.49. The van der Waals surface area contributed by atoms with Crippen LogP contribution in [0.2, 0.25) is 0 Å². The minimum absolute atomic E-state index is 0.0945. The lowest BCUT2D eigenvalue weighted by atomic mass is 9.94. The molecule has 1 amide bonds. The third-order valence-electron chi connectivity index (χ3n) is 3.93. The van der Waals surface area contributed by atoms with Gasteiger partial charge >= 0.3 is 0 Å². The zero-order valence-electron chi connectivity index (χ0n) is 11.7. The zero-order chi connectivity index (χ0) is 13.7. The van der Waals surface area contributed by atoms with Crippen molar-refractivity contribution in [3.05, 3.63) is 35.4 Å². The van der Waals surface area contributed by atoms with Gasteiger partial charge in [-0.2, -0.15) is 0 Å². The van der Waals surface area contributed by atoms with E-state index < -0.39 is 0 Å². The summed E-state index contributed by atoms with van der Waals surface area (Å²) >= 11 is 0. The third-order valence-corrected chi connectivity index (χ3v) is 3.93. The Balaban J connectivity index is 1.72. The van der Waals surface area contributed by atoms with Crippen molar-refractivity contribution < 1.29 is 4.79 Å². The van der Waals surface area contributed by atoms with E-state index in [4.69, 9.17) is 5.73 Å². The van der Waals surface area contributed by atoms with E-state index in [-0.39, 0.29) is 11.4 Å². The highest BCUT2D eigenvalue weighted by atomic mass is 16.1. The second kappa shape index (κ2) is 6.20.